The lowest BCUT2D eigenvalue weighted by Gasteiger charge is -2.27. The number of nitrogens with one attached hydrogen (secondary N) is 1. The highest BCUT2D eigenvalue weighted by molar-refractivity contribution is 6.32. The maximum Gasteiger partial charge on any atom is 0.281 e. The van der Waals surface area contributed by atoms with Gasteiger partial charge in [-0.1, -0.05) is 84.4 Å². The van der Waals surface area contributed by atoms with Crippen LogP contribution in [0.5, 0.6) is 5.75 Å². The highest BCUT2D eigenvalue weighted by Gasteiger charge is 2.39. The average Bonchev–Trinajstić information content (AvgIpc) is 2.90. The normalized spacial score (nSPS) is 11.7. The van der Waals surface area contributed by atoms with Crippen LogP contribution in [0.15, 0.2) is 118 Å². The number of phenolic OH excluding ortho intramolecular Hbond substituents is 1. The summed E-state index contributed by atoms with van der Waals surface area (Å²) >= 11 is 6.09. The summed E-state index contributed by atoms with van der Waals surface area (Å²) in [7, 11) is 0. The van der Waals surface area contributed by atoms with Crippen molar-refractivity contribution in [1.29, 1.82) is 0 Å². The predicted molar refractivity (Wildman–Crippen MR) is 135 cm³/mol. The van der Waals surface area contributed by atoms with E-state index in [2.05, 4.69) is 20.8 Å². The molecule has 4 aromatic rings. The van der Waals surface area contributed by atoms with Gasteiger partial charge in [0.1, 0.15) is 11.4 Å². The van der Waals surface area contributed by atoms with Crippen LogP contribution in [0.3, 0.4) is 0 Å². The second-order valence-electron chi connectivity index (χ2n) is 7.54. The van der Waals surface area contributed by atoms with E-state index in [1.807, 2.05) is 0 Å². The van der Waals surface area contributed by atoms with Crippen molar-refractivity contribution in [3.8, 4) is 5.75 Å². The number of hydrazone groups is 1. The van der Waals surface area contributed by atoms with Gasteiger partial charge in [0.05, 0.1) is 16.9 Å². The number of rotatable bonds is 7. The number of nitrogens with zero attached hydrogens (tertiary/aromatic N) is 3. The standard InChI is InChI=1S/C27H21ClN4O3/c28-23-13-7-8-14-24(23)31-30-22-15-16-25(33)19(17-22)18-29-32-26(34)27(35,20-9-3-1-4-10-20)21-11-5-2-6-12-21/h1-18,33,35H,(H,32,34). The van der Waals surface area contributed by atoms with E-state index in [4.69, 9.17) is 11.6 Å². The summed E-state index contributed by atoms with van der Waals surface area (Å²) in [5, 5.41) is 34.3. The number of halogens is 1. The number of benzene rings is 4. The molecule has 7 nitrogen and oxygen atoms in total. The highest BCUT2D eigenvalue weighted by atomic mass is 35.5. The maximum absolute atomic E-state index is 13.1. The van der Waals surface area contributed by atoms with Gasteiger partial charge in [-0.05, 0) is 41.5 Å². The topological polar surface area (TPSA) is 107 Å². The summed E-state index contributed by atoms with van der Waals surface area (Å²) in [6.07, 6.45) is 1.26. The average molecular weight is 485 g/mol. The maximum atomic E-state index is 13.1. The number of hydrogen-bond acceptors (Lipinski definition) is 6. The van der Waals surface area contributed by atoms with Crippen molar-refractivity contribution >= 4 is 35.1 Å². The summed E-state index contributed by atoms with van der Waals surface area (Å²) in [6, 6.07) is 28.8. The molecule has 0 saturated carbocycles. The highest BCUT2D eigenvalue weighted by Crippen LogP contribution is 2.30. The molecule has 0 aromatic heterocycles. The molecule has 3 N–H and O–H groups in total. The fourth-order valence-corrected chi connectivity index (χ4v) is 3.55. The van der Waals surface area contributed by atoms with Gasteiger partial charge in [-0.15, -0.1) is 5.11 Å². The van der Waals surface area contributed by atoms with E-state index >= 15 is 0 Å². The first-order valence-corrected chi connectivity index (χ1v) is 11.0. The fraction of sp³-hybridized carbons (Fsp3) is 0.0370. The van der Waals surface area contributed by atoms with E-state index in [-0.39, 0.29) is 5.75 Å². The van der Waals surface area contributed by atoms with Crippen LogP contribution in [0, 0.1) is 0 Å². The number of aromatic hydroxyl groups is 1. The van der Waals surface area contributed by atoms with Crippen LogP contribution in [0.4, 0.5) is 11.4 Å². The quantitative estimate of drug-likeness (QED) is 0.174. The molecule has 0 saturated heterocycles. The zero-order chi connectivity index (χ0) is 24.7. The second kappa shape index (κ2) is 10.7. The molecule has 35 heavy (non-hydrogen) atoms. The summed E-state index contributed by atoms with van der Waals surface area (Å²) in [5.74, 6) is -0.818. The van der Waals surface area contributed by atoms with Crippen molar-refractivity contribution in [3.05, 3.63) is 125 Å². The van der Waals surface area contributed by atoms with E-state index in [0.29, 0.717) is 33.1 Å². The van der Waals surface area contributed by atoms with Crippen LogP contribution in [0.1, 0.15) is 16.7 Å². The first-order valence-electron chi connectivity index (χ1n) is 10.6. The van der Waals surface area contributed by atoms with Gasteiger partial charge in [-0.25, -0.2) is 5.43 Å². The molecule has 0 spiro atoms. The molecule has 4 aromatic carbocycles. The third-order valence-electron chi connectivity index (χ3n) is 5.22. The van der Waals surface area contributed by atoms with Crippen molar-refractivity contribution in [3.63, 3.8) is 0 Å². The summed E-state index contributed by atoms with van der Waals surface area (Å²) in [4.78, 5) is 13.1. The van der Waals surface area contributed by atoms with E-state index in [1.165, 1.54) is 12.3 Å². The molecule has 0 bridgehead atoms. The van der Waals surface area contributed by atoms with Crippen molar-refractivity contribution < 1.29 is 15.0 Å². The first-order chi connectivity index (χ1) is 17.0. The number of carbonyl (C=O) groups excluding carboxylic acids is 1. The third-order valence-corrected chi connectivity index (χ3v) is 5.54. The molecule has 0 radical (unpaired) electrons. The Balaban J connectivity index is 1.55. The van der Waals surface area contributed by atoms with E-state index in [0.717, 1.165) is 0 Å². The number of azo groups is 1. The molecule has 0 atom stereocenters. The van der Waals surface area contributed by atoms with Crippen LogP contribution in [-0.2, 0) is 10.4 Å². The second-order valence-corrected chi connectivity index (χ2v) is 7.94. The molecule has 0 fully saturated rings. The van der Waals surface area contributed by atoms with Crippen LogP contribution < -0.4 is 5.43 Å². The van der Waals surface area contributed by atoms with Gasteiger partial charge in [-0.3, -0.25) is 4.79 Å². The van der Waals surface area contributed by atoms with Gasteiger partial charge < -0.3 is 10.2 Å². The molecule has 0 unspecified atom stereocenters. The predicted octanol–water partition coefficient (Wildman–Crippen LogP) is 5.85. The number of amides is 1. The molecule has 0 aliphatic heterocycles. The largest absolute Gasteiger partial charge is 0.507 e. The summed E-state index contributed by atoms with van der Waals surface area (Å²) in [5.41, 5.74) is 2.44. The Bertz CT molecular complexity index is 1340. The van der Waals surface area contributed by atoms with Gasteiger partial charge in [-0.2, -0.15) is 10.2 Å². The monoisotopic (exact) mass is 484 g/mol. The molecule has 0 heterocycles. The summed E-state index contributed by atoms with van der Waals surface area (Å²) in [6.45, 7) is 0. The number of carbonyl (C=O) groups is 1. The van der Waals surface area contributed by atoms with Crippen LogP contribution in [0.2, 0.25) is 5.02 Å². The molecular formula is C27H21ClN4O3. The van der Waals surface area contributed by atoms with E-state index in [1.54, 1.807) is 97.1 Å². The molecule has 1 amide bonds. The third kappa shape index (κ3) is 5.43. The minimum absolute atomic E-state index is 0.0685. The molecule has 0 aliphatic rings. The molecule has 174 valence electrons. The number of aliphatic hydroxyl groups is 1. The van der Waals surface area contributed by atoms with Crippen molar-refractivity contribution in [2.45, 2.75) is 5.60 Å². The molecule has 0 aliphatic carbocycles. The van der Waals surface area contributed by atoms with Gasteiger partial charge in [0, 0.05) is 5.56 Å². The van der Waals surface area contributed by atoms with E-state index < -0.39 is 11.5 Å². The van der Waals surface area contributed by atoms with Crippen LogP contribution in [-0.4, -0.2) is 22.3 Å². The van der Waals surface area contributed by atoms with Crippen LogP contribution in [0.25, 0.3) is 0 Å². The van der Waals surface area contributed by atoms with Gasteiger partial charge in [0.2, 0.25) is 0 Å². The Morgan fingerprint density at radius 1 is 0.829 bits per heavy atom. The van der Waals surface area contributed by atoms with Gasteiger partial charge in [0.15, 0.2) is 5.60 Å². The molecular weight excluding hydrogens is 464 g/mol. The Hall–Kier alpha value is -4.33. The van der Waals surface area contributed by atoms with Crippen molar-refractivity contribution in [2.75, 3.05) is 0 Å². The SMILES string of the molecule is O=C(NN=Cc1cc(N=Nc2ccccc2Cl)ccc1O)C(O)(c1ccccc1)c1ccccc1. The van der Waals surface area contributed by atoms with Gasteiger partial charge in [0.25, 0.3) is 5.91 Å². The summed E-state index contributed by atoms with van der Waals surface area (Å²) < 4.78 is 0. The van der Waals surface area contributed by atoms with Crippen molar-refractivity contribution in [2.24, 2.45) is 15.3 Å². The van der Waals surface area contributed by atoms with Crippen LogP contribution >= 0.6 is 11.6 Å². The Labute approximate surface area is 207 Å². The first kappa shape index (κ1) is 23.8. The molecule has 4 rings (SSSR count). The molecule has 8 heteroatoms. The van der Waals surface area contributed by atoms with Crippen molar-refractivity contribution in [1.82, 2.24) is 5.43 Å². The minimum Gasteiger partial charge on any atom is -0.507 e. The Morgan fingerprint density at radius 3 is 2.06 bits per heavy atom. The van der Waals surface area contributed by atoms with Gasteiger partial charge >= 0.3 is 0 Å². The lowest BCUT2D eigenvalue weighted by Crippen LogP contribution is -2.43. The number of hydrogen-bond donors (Lipinski definition) is 3. The van der Waals surface area contributed by atoms with E-state index in [9.17, 15) is 15.0 Å². The Morgan fingerprint density at radius 2 is 1.43 bits per heavy atom. The number of phenols is 1. The minimum atomic E-state index is -1.97. The lowest BCUT2D eigenvalue weighted by atomic mass is 9.85. The zero-order valence-electron chi connectivity index (χ0n) is 18.4. The fourth-order valence-electron chi connectivity index (χ4n) is 3.38. The Kier molecular flexibility index (Phi) is 7.30. The lowest BCUT2D eigenvalue weighted by molar-refractivity contribution is -0.136. The smallest absolute Gasteiger partial charge is 0.281 e. The zero-order valence-corrected chi connectivity index (χ0v) is 19.2.